The van der Waals surface area contributed by atoms with Gasteiger partial charge in [-0.3, -0.25) is 14.5 Å². The van der Waals surface area contributed by atoms with Crippen molar-refractivity contribution in [3.8, 4) is 11.5 Å². The van der Waals surface area contributed by atoms with Crippen molar-refractivity contribution in [2.75, 3.05) is 53.5 Å². The lowest BCUT2D eigenvalue weighted by atomic mass is 10.1. The van der Waals surface area contributed by atoms with Crippen LogP contribution in [0.1, 0.15) is 17.5 Å². The first-order valence-corrected chi connectivity index (χ1v) is 11.6. The van der Waals surface area contributed by atoms with Gasteiger partial charge in [0.25, 0.3) is 0 Å². The third-order valence-corrected chi connectivity index (χ3v) is 6.62. The summed E-state index contributed by atoms with van der Waals surface area (Å²) in [5.41, 5.74) is 2.37. The lowest BCUT2D eigenvalue weighted by Crippen LogP contribution is -2.50. The highest BCUT2D eigenvalue weighted by Crippen LogP contribution is 2.28. The summed E-state index contributed by atoms with van der Waals surface area (Å²) >= 11 is 0. The molecule has 0 radical (unpaired) electrons. The van der Waals surface area contributed by atoms with Crippen LogP contribution >= 0.6 is 0 Å². The zero-order valence-electron chi connectivity index (χ0n) is 19.5. The van der Waals surface area contributed by atoms with E-state index < -0.39 is 0 Å². The number of nitrogens with zero attached hydrogens (tertiary/aromatic N) is 3. The van der Waals surface area contributed by atoms with Gasteiger partial charge in [-0.15, -0.1) is 0 Å². The van der Waals surface area contributed by atoms with E-state index in [1.165, 1.54) is 5.56 Å². The van der Waals surface area contributed by atoms with Crippen LogP contribution in [-0.2, 0) is 22.6 Å². The van der Waals surface area contributed by atoms with Crippen LogP contribution in [0.4, 0.5) is 0 Å². The van der Waals surface area contributed by atoms with E-state index in [0.717, 1.165) is 38.3 Å². The maximum Gasteiger partial charge on any atom is 0.228 e. The van der Waals surface area contributed by atoms with E-state index in [4.69, 9.17) is 9.47 Å². The number of likely N-dealkylation sites (tertiary alicyclic amines) is 1. The minimum absolute atomic E-state index is 0.0662. The van der Waals surface area contributed by atoms with Crippen molar-refractivity contribution in [3.63, 3.8) is 0 Å². The molecular weight excluding hydrogens is 418 g/mol. The van der Waals surface area contributed by atoms with E-state index in [0.29, 0.717) is 37.4 Å². The number of rotatable bonds is 8. The molecule has 2 aromatic rings. The summed E-state index contributed by atoms with van der Waals surface area (Å²) in [4.78, 5) is 31.8. The highest BCUT2D eigenvalue weighted by molar-refractivity contribution is 5.89. The highest BCUT2D eigenvalue weighted by atomic mass is 16.5. The molecule has 0 N–H and O–H groups in total. The molecule has 0 aliphatic carbocycles. The van der Waals surface area contributed by atoms with Crippen LogP contribution in [0.15, 0.2) is 48.5 Å². The molecule has 176 valence electrons. The lowest BCUT2D eigenvalue weighted by Gasteiger charge is -2.36. The first-order chi connectivity index (χ1) is 16.1. The zero-order valence-corrected chi connectivity index (χ0v) is 19.5. The van der Waals surface area contributed by atoms with Crippen molar-refractivity contribution in [2.24, 2.45) is 5.92 Å². The van der Waals surface area contributed by atoms with E-state index in [2.05, 4.69) is 29.2 Å². The van der Waals surface area contributed by atoms with Gasteiger partial charge in [0.1, 0.15) is 0 Å². The molecule has 2 saturated heterocycles. The Labute approximate surface area is 195 Å². The number of piperazine rings is 1. The molecule has 0 aromatic heterocycles. The van der Waals surface area contributed by atoms with Crippen LogP contribution in [0, 0.1) is 5.92 Å². The third-order valence-electron chi connectivity index (χ3n) is 6.62. The minimum atomic E-state index is -0.233. The molecule has 2 aliphatic rings. The predicted molar refractivity (Wildman–Crippen MR) is 126 cm³/mol. The van der Waals surface area contributed by atoms with Gasteiger partial charge in [0, 0.05) is 52.2 Å². The Morgan fingerprint density at radius 3 is 2.36 bits per heavy atom. The molecule has 2 aromatic carbocycles. The molecule has 7 heteroatoms. The van der Waals surface area contributed by atoms with Gasteiger partial charge < -0.3 is 19.3 Å². The van der Waals surface area contributed by atoms with Crippen LogP contribution in [0.3, 0.4) is 0 Å². The predicted octanol–water partition coefficient (Wildman–Crippen LogP) is 2.44. The van der Waals surface area contributed by atoms with Gasteiger partial charge in [0.15, 0.2) is 11.5 Å². The molecule has 7 nitrogen and oxygen atoms in total. The molecule has 1 atom stereocenters. The fourth-order valence-electron chi connectivity index (χ4n) is 4.68. The van der Waals surface area contributed by atoms with Crippen LogP contribution in [0.25, 0.3) is 0 Å². The molecule has 0 spiro atoms. The standard InChI is InChI=1S/C26H33N3O4/c1-32-23-9-8-20(16-24(23)33-2)10-11-29-19-22(17-25(29)30)26(31)28-14-12-27(13-15-28)18-21-6-4-3-5-7-21/h3-9,16,22H,10-15,17-19H2,1-2H3. The third kappa shape index (κ3) is 5.66. The number of benzene rings is 2. The second-order valence-electron chi connectivity index (χ2n) is 8.77. The van der Waals surface area contributed by atoms with E-state index in [1.54, 1.807) is 14.2 Å². The Balaban J connectivity index is 1.25. The molecule has 2 heterocycles. The van der Waals surface area contributed by atoms with Crippen molar-refractivity contribution in [2.45, 2.75) is 19.4 Å². The lowest BCUT2D eigenvalue weighted by molar-refractivity contribution is -0.137. The zero-order chi connectivity index (χ0) is 23.2. The first kappa shape index (κ1) is 23.1. The van der Waals surface area contributed by atoms with Crippen LogP contribution in [0.5, 0.6) is 11.5 Å². The Bertz CT molecular complexity index is 957. The van der Waals surface area contributed by atoms with Gasteiger partial charge >= 0.3 is 0 Å². The fraction of sp³-hybridized carbons (Fsp3) is 0.462. The molecule has 4 rings (SSSR count). The van der Waals surface area contributed by atoms with Crippen molar-refractivity contribution in [3.05, 3.63) is 59.7 Å². The van der Waals surface area contributed by atoms with E-state index >= 15 is 0 Å². The topological polar surface area (TPSA) is 62.3 Å². The Morgan fingerprint density at radius 1 is 0.939 bits per heavy atom. The van der Waals surface area contributed by atoms with Gasteiger partial charge in [0.2, 0.25) is 11.8 Å². The summed E-state index contributed by atoms with van der Waals surface area (Å²) in [6, 6.07) is 16.2. The molecule has 2 aliphatic heterocycles. The number of hydrogen-bond donors (Lipinski definition) is 0. The maximum absolute atomic E-state index is 13.1. The molecule has 2 amide bonds. The van der Waals surface area contributed by atoms with Gasteiger partial charge in [-0.1, -0.05) is 36.4 Å². The van der Waals surface area contributed by atoms with Crippen molar-refractivity contribution in [1.29, 1.82) is 0 Å². The summed E-state index contributed by atoms with van der Waals surface area (Å²) < 4.78 is 10.7. The van der Waals surface area contributed by atoms with Crippen LogP contribution < -0.4 is 9.47 Å². The molecule has 33 heavy (non-hydrogen) atoms. The van der Waals surface area contributed by atoms with E-state index in [-0.39, 0.29) is 17.7 Å². The number of methoxy groups -OCH3 is 2. The smallest absolute Gasteiger partial charge is 0.228 e. The second kappa shape index (κ2) is 10.7. The maximum atomic E-state index is 13.1. The molecular formula is C26H33N3O4. The molecule has 0 saturated carbocycles. The second-order valence-corrected chi connectivity index (χ2v) is 8.77. The first-order valence-electron chi connectivity index (χ1n) is 11.6. The molecule has 2 fully saturated rings. The summed E-state index contributed by atoms with van der Waals surface area (Å²) in [5, 5.41) is 0. The number of hydrogen-bond acceptors (Lipinski definition) is 5. The van der Waals surface area contributed by atoms with Gasteiger partial charge in [0.05, 0.1) is 20.1 Å². The summed E-state index contributed by atoms with van der Waals surface area (Å²) in [6.07, 6.45) is 1.03. The van der Waals surface area contributed by atoms with E-state index in [1.807, 2.05) is 34.1 Å². The van der Waals surface area contributed by atoms with E-state index in [9.17, 15) is 9.59 Å². The summed E-state index contributed by atoms with van der Waals surface area (Å²) in [5.74, 6) is 1.33. The SMILES string of the molecule is COc1ccc(CCN2CC(C(=O)N3CCN(Cc4ccccc4)CC3)CC2=O)cc1OC. The fourth-order valence-corrected chi connectivity index (χ4v) is 4.68. The van der Waals surface area contributed by atoms with Crippen molar-refractivity contribution in [1.82, 2.24) is 14.7 Å². The Hall–Kier alpha value is -3.06. The van der Waals surface area contributed by atoms with Crippen LogP contribution in [0.2, 0.25) is 0 Å². The quantitative estimate of drug-likeness (QED) is 0.617. The largest absolute Gasteiger partial charge is 0.493 e. The van der Waals surface area contributed by atoms with Crippen molar-refractivity contribution < 1.29 is 19.1 Å². The Morgan fingerprint density at radius 2 is 1.67 bits per heavy atom. The van der Waals surface area contributed by atoms with Gasteiger partial charge in [-0.25, -0.2) is 0 Å². The summed E-state index contributed by atoms with van der Waals surface area (Å²) in [7, 11) is 3.23. The molecule has 0 bridgehead atoms. The average molecular weight is 452 g/mol. The van der Waals surface area contributed by atoms with Gasteiger partial charge in [-0.2, -0.15) is 0 Å². The molecule has 1 unspecified atom stereocenters. The number of ether oxygens (including phenoxy) is 2. The summed E-state index contributed by atoms with van der Waals surface area (Å²) in [6.45, 7) is 5.20. The van der Waals surface area contributed by atoms with Crippen molar-refractivity contribution >= 4 is 11.8 Å². The van der Waals surface area contributed by atoms with Gasteiger partial charge in [-0.05, 0) is 29.7 Å². The van der Waals surface area contributed by atoms with Crippen LogP contribution in [-0.4, -0.2) is 80.0 Å². The minimum Gasteiger partial charge on any atom is -0.493 e. The highest BCUT2D eigenvalue weighted by Gasteiger charge is 2.37. The average Bonchev–Trinajstić information content (AvgIpc) is 3.23. The number of carbonyl (C=O) groups excluding carboxylic acids is 2. The Kier molecular flexibility index (Phi) is 7.50. The number of carbonyl (C=O) groups is 2. The monoisotopic (exact) mass is 451 g/mol. The normalized spacial score (nSPS) is 19.1. The number of amides is 2.